The molecule has 0 aromatic carbocycles. The average molecular weight is 166 g/mol. The molecule has 66 valence electrons. The third kappa shape index (κ3) is 0.894. The summed E-state index contributed by atoms with van der Waals surface area (Å²) in [7, 11) is 1.90. The van der Waals surface area contributed by atoms with E-state index in [1.165, 1.54) is 0 Å². The van der Waals surface area contributed by atoms with Gasteiger partial charge in [-0.15, -0.1) is 0 Å². The summed E-state index contributed by atoms with van der Waals surface area (Å²) >= 11 is 0. The van der Waals surface area contributed by atoms with E-state index in [0.29, 0.717) is 5.92 Å². The van der Waals surface area contributed by atoms with Gasteiger partial charge < -0.3 is 5.11 Å². The van der Waals surface area contributed by atoms with Gasteiger partial charge in [0.2, 0.25) is 0 Å². The van der Waals surface area contributed by atoms with Crippen LogP contribution in [-0.4, -0.2) is 14.9 Å². The largest absolute Gasteiger partial charge is 0.383 e. The number of aliphatic hydroxyl groups is 1. The van der Waals surface area contributed by atoms with E-state index in [1.807, 2.05) is 27.0 Å². The van der Waals surface area contributed by atoms with Crippen LogP contribution in [0.3, 0.4) is 0 Å². The lowest BCUT2D eigenvalue weighted by atomic mass is 10.2. The summed E-state index contributed by atoms with van der Waals surface area (Å²) in [4.78, 5) is 0. The van der Waals surface area contributed by atoms with Crippen LogP contribution in [0.25, 0.3) is 0 Å². The van der Waals surface area contributed by atoms with E-state index in [-0.39, 0.29) is 0 Å². The quantitative estimate of drug-likeness (QED) is 0.674. The second kappa shape index (κ2) is 2.10. The monoisotopic (exact) mass is 166 g/mol. The van der Waals surface area contributed by atoms with E-state index < -0.39 is 5.60 Å². The zero-order chi connectivity index (χ0) is 8.93. The predicted molar refractivity (Wildman–Crippen MR) is 45.6 cm³/mol. The van der Waals surface area contributed by atoms with Gasteiger partial charge in [-0.3, -0.25) is 4.68 Å². The van der Waals surface area contributed by atoms with Crippen molar-refractivity contribution >= 4 is 0 Å². The molecule has 3 nitrogen and oxygen atoms in total. The van der Waals surface area contributed by atoms with Crippen molar-refractivity contribution in [3.8, 4) is 0 Å². The molecule has 0 aliphatic heterocycles. The zero-order valence-corrected chi connectivity index (χ0v) is 7.70. The maximum Gasteiger partial charge on any atom is 0.111 e. The third-order valence-electron chi connectivity index (χ3n) is 2.83. The van der Waals surface area contributed by atoms with Crippen LogP contribution in [0.5, 0.6) is 0 Å². The van der Waals surface area contributed by atoms with Crippen molar-refractivity contribution in [2.24, 2.45) is 13.0 Å². The summed E-state index contributed by atoms with van der Waals surface area (Å²) in [6.45, 7) is 4.04. The number of aryl methyl sites for hydroxylation is 2. The van der Waals surface area contributed by atoms with Crippen molar-refractivity contribution in [3.63, 3.8) is 0 Å². The lowest BCUT2D eigenvalue weighted by molar-refractivity contribution is 0.129. The van der Waals surface area contributed by atoms with Crippen LogP contribution in [0.4, 0.5) is 0 Å². The molecular weight excluding hydrogens is 152 g/mol. The van der Waals surface area contributed by atoms with Gasteiger partial charge in [-0.25, -0.2) is 0 Å². The molecule has 1 aliphatic carbocycles. The molecule has 0 spiro atoms. The molecule has 2 rings (SSSR count). The van der Waals surface area contributed by atoms with Crippen molar-refractivity contribution < 1.29 is 5.11 Å². The Kier molecular flexibility index (Phi) is 1.37. The highest BCUT2D eigenvalue weighted by atomic mass is 16.3. The molecule has 0 radical (unpaired) electrons. The molecule has 1 N–H and O–H groups in total. The van der Waals surface area contributed by atoms with E-state index >= 15 is 0 Å². The molecule has 1 heterocycles. The fourth-order valence-electron chi connectivity index (χ4n) is 1.54. The van der Waals surface area contributed by atoms with Crippen molar-refractivity contribution in [2.45, 2.75) is 25.9 Å². The van der Waals surface area contributed by atoms with Crippen LogP contribution in [0.1, 0.15) is 24.7 Å². The Morgan fingerprint density at radius 2 is 2.33 bits per heavy atom. The number of aromatic nitrogens is 2. The highest BCUT2D eigenvalue weighted by Gasteiger charge is 2.52. The number of hydrogen-bond donors (Lipinski definition) is 1. The van der Waals surface area contributed by atoms with Gasteiger partial charge in [-0.05, 0) is 25.3 Å². The Labute approximate surface area is 72.0 Å². The smallest absolute Gasteiger partial charge is 0.111 e. The van der Waals surface area contributed by atoms with Crippen LogP contribution in [0.15, 0.2) is 6.07 Å². The molecule has 3 heteroatoms. The lowest BCUT2D eigenvalue weighted by Gasteiger charge is -2.02. The SMILES string of the molecule is Cc1cc(C2(O)CC2C)nn1C. The van der Waals surface area contributed by atoms with Gasteiger partial charge in [0.1, 0.15) is 5.60 Å². The molecule has 0 amide bonds. The van der Waals surface area contributed by atoms with Crippen molar-refractivity contribution in [1.82, 2.24) is 9.78 Å². The molecule has 0 bridgehead atoms. The average Bonchev–Trinajstić information content (AvgIpc) is 2.44. The summed E-state index contributed by atoms with van der Waals surface area (Å²) in [5.41, 5.74) is 1.30. The van der Waals surface area contributed by atoms with Crippen LogP contribution in [-0.2, 0) is 12.6 Å². The third-order valence-corrected chi connectivity index (χ3v) is 2.83. The number of hydrogen-bond acceptors (Lipinski definition) is 2. The summed E-state index contributed by atoms with van der Waals surface area (Å²) in [5.74, 6) is 0.367. The second-order valence-corrected chi connectivity index (χ2v) is 3.82. The maximum atomic E-state index is 9.93. The molecule has 2 unspecified atom stereocenters. The topological polar surface area (TPSA) is 38.1 Å². The zero-order valence-electron chi connectivity index (χ0n) is 7.70. The van der Waals surface area contributed by atoms with E-state index in [1.54, 1.807) is 4.68 Å². The summed E-state index contributed by atoms with van der Waals surface area (Å²) in [5, 5.41) is 14.2. The first-order valence-corrected chi connectivity index (χ1v) is 4.27. The van der Waals surface area contributed by atoms with Gasteiger partial charge >= 0.3 is 0 Å². The first-order valence-electron chi connectivity index (χ1n) is 4.27. The summed E-state index contributed by atoms with van der Waals surface area (Å²) in [6.07, 6.45) is 0.851. The van der Waals surface area contributed by atoms with Gasteiger partial charge in [0, 0.05) is 12.7 Å². The van der Waals surface area contributed by atoms with Crippen LogP contribution in [0, 0.1) is 12.8 Å². The normalized spacial score (nSPS) is 33.8. The fourth-order valence-corrected chi connectivity index (χ4v) is 1.54. The molecule has 1 aromatic heterocycles. The Bertz CT molecular complexity index is 299. The molecule has 1 aliphatic rings. The van der Waals surface area contributed by atoms with Gasteiger partial charge in [0.15, 0.2) is 0 Å². The van der Waals surface area contributed by atoms with E-state index in [9.17, 15) is 5.11 Å². The molecule has 2 atom stereocenters. The summed E-state index contributed by atoms with van der Waals surface area (Å²) < 4.78 is 1.80. The minimum absolute atomic E-state index is 0.367. The first-order chi connectivity index (χ1) is 5.54. The van der Waals surface area contributed by atoms with Gasteiger partial charge in [0.25, 0.3) is 0 Å². The number of rotatable bonds is 1. The molecular formula is C9H14N2O. The van der Waals surface area contributed by atoms with E-state index in [4.69, 9.17) is 0 Å². The van der Waals surface area contributed by atoms with E-state index in [2.05, 4.69) is 5.10 Å². The molecule has 0 saturated heterocycles. The van der Waals surface area contributed by atoms with Crippen molar-refractivity contribution in [1.29, 1.82) is 0 Å². The maximum absolute atomic E-state index is 9.93. The molecule has 1 saturated carbocycles. The molecule has 1 aromatic rings. The molecule has 1 fully saturated rings. The van der Waals surface area contributed by atoms with Crippen LogP contribution >= 0.6 is 0 Å². The van der Waals surface area contributed by atoms with Crippen molar-refractivity contribution in [2.75, 3.05) is 0 Å². The van der Waals surface area contributed by atoms with Crippen LogP contribution < -0.4 is 0 Å². The molecule has 12 heavy (non-hydrogen) atoms. The van der Waals surface area contributed by atoms with Gasteiger partial charge in [-0.1, -0.05) is 6.92 Å². The highest BCUT2D eigenvalue weighted by Crippen LogP contribution is 2.50. The lowest BCUT2D eigenvalue weighted by Crippen LogP contribution is -2.08. The Morgan fingerprint density at radius 1 is 1.75 bits per heavy atom. The predicted octanol–water partition coefficient (Wildman–Crippen LogP) is 0.956. The van der Waals surface area contributed by atoms with Gasteiger partial charge in [0.05, 0.1) is 5.69 Å². The first kappa shape index (κ1) is 7.80. The fraction of sp³-hybridized carbons (Fsp3) is 0.667. The minimum Gasteiger partial charge on any atom is -0.383 e. The Morgan fingerprint density at radius 3 is 2.67 bits per heavy atom. The van der Waals surface area contributed by atoms with E-state index in [0.717, 1.165) is 17.8 Å². The van der Waals surface area contributed by atoms with Gasteiger partial charge in [-0.2, -0.15) is 5.10 Å². The Balaban J connectivity index is 2.36. The number of nitrogens with zero attached hydrogens (tertiary/aromatic N) is 2. The second-order valence-electron chi connectivity index (χ2n) is 3.82. The Hall–Kier alpha value is -0.830. The summed E-state index contributed by atoms with van der Waals surface area (Å²) in [6, 6.07) is 1.96. The standard InChI is InChI=1S/C9H14N2O/c1-6-5-9(6,12)8-4-7(2)11(3)10-8/h4,6,12H,5H2,1-3H3. The van der Waals surface area contributed by atoms with Crippen molar-refractivity contribution in [3.05, 3.63) is 17.5 Å². The highest BCUT2D eigenvalue weighted by molar-refractivity contribution is 5.23. The minimum atomic E-state index is -0.619. The van der Waals surface area contributed by atoms with Crippen LogP contribution in [0.2, 0.25) is 0 Å².